The lowest BCUT2D eigenvalue weighted by Gasteiger charge is -2.08. The van der Waals surface area contributed by atoms with E-state index in [1.807, 2.05) is 0 Å². The summed E-state index contributed by atoms with van der Waals surface area (Å²) in [6.07, 6.45) is 2.53. The van der Waals surface area contributed by atoms with E-state index in [-0.39, 0.29) is 6.01 Å². The average Bonchev–Trinajstić information content (AvgIpc) is 2.39. The Bertz CT molecular complexity index is 410. The SMILES string of the molecule is CCCNCCOc1ncc(C(=O)OCC)c(C)n1. The number of nitrogens with one attached hydrogen (secondary N) is 1. The molecule has 0 aliphatic heterocycles. The van der Waals surface area contributed by atoms with Crippen LogP contribution in [-0.4, -0.2) is 42.2 Å². The Morgan fingerprint density at radius 1 is 1.37 bits per heavy atom. The topological polar surface area (TPSA) is 73.3 Å². The van der Waals surface area contributed by atoms with Gasteiger partial charge in [-0.3, -0.25) is 0 Å². The molecule has 0 aromatic carbocycles. The number of rotatable bonds is 8. The summed E-state index contributed by atoms with van der Waals surface area (Å²) in [6, 6.07) is 0.281. The fraction of sp³-hybridized carbons (Fsp3) is 0.615. The highest BCUT2D eigenvalue weighted by atomic mass is 16.5. The van der Waals surface area contributed by atoms with Crippen molar-refractivity contribution in [3.63, 3.8) is 0 Å². The molecular formula is C13H21N3O3. The molecule has 0 bridgehead atoms. The molecule has 106 valence electrons. The quantitative estimate of drug-likeness (QED) is 0.566. The van der Waals surface area contributed by atoms with Crippen molar-refractivity contribution in [2.24, 2.45) is 0 Å². The molecular weight excluding hydrogens is 246 g/mol. The smallest absolute Gasteiger partial charge is 0.341 e. The lowest BCUT2D eigenvalue weighted by molar-refractivity contribution is 0.0524. The summed E-state index contributed by atoms with van der Waals surface area (Å²) in [6.45, 7) is 8.14. The van der Waals surface area contributed by atoms with Gasteiger partial charge in [-0.05, 0) is 26.8 Å². The van der Waals surface area contributed by atoms with Crippen LogP contribution in [0.15, 0.2) is 6.20 Å². The van der Waals surface area contributed by atoms with Gasteiger partial charge in [0.25, 0.3) is 0 Å². The third kappa shape index (κ3) is 5.21. The number of hydrogen-bond acceptors (Lipinski definition) is 6. The summed E-state index contributed by atoms with van der Waals surface area (Å²) in [5.41, 5.74) is 0.934. The highest BCUT2D eigenvalue weighted by Gasteiger charge is 2.12. The van der Waals surface area contributed by atoms with Crippen molar-refractivity contribution in [1.82, 2.24) is 15.3 Å². The van der Waals surface area contributed by atoms with E-state index >= 15 is 0 Å². The van der Waals surface area contributed by atoms with E-state index in [0.29, 0.717) is 24.5 Å². The third-order valence-corrected chi connectivity index (χ3v) is 2.39. The first-order chi connectivity index (χ1) is 9.19. The number of ether oxygens (including phenoxy) is 2. The molecule has 0 aliphatic carbocycles. The molecule has 0 amide bonds. The summed E-state index contributed by atoms with van der Waals surface area (Å²) >= 11 is 0. The molecule has 1 rings (SSSR count). The first kappa shape index (κ1) is 15.4. The number of esters is 1. The molecule has 1 heterocycles. The van der Waals surface area contributed by atoms with Gasteiger partial charge in [-0.15, -0.1) is 0 Å². The molecule has 0 saturated heterocycles. The van der Waals surface area contributed by atoms with Crippen LogP contribution in [0.2, 0.25) is 0 Å². The van der Waals surface area contributed by atoms with E-state index in [4.69, 9.17) is 9.47 Å². The number of carbonyl (C=O) groups is 1. The average molecular weight is 267 g/mol. The van der Waals surface area contributed by atoms with Gasteiger partial charge in [-0.1, -0.05) is 6.92 Å². The van der Waals surface area contributed by atoms with E-state index < -0.39 is 5.97 Å². The van der Waals surface area contributed by atoms with Crippen molar-refractivity contribution in [2.75, 3.05) is 26.3 Å². The molecule has 0 unspecified atom stereocenters. The van der Waals surface area contributed by atoms with Gasteiger partial charge in [-0.2, -0.15) is 4.98 Å². The van der Waals surface area contributed by atoms with Crippen LogP contribution in [0.5, 0.6) is 6.01 Å². The van der Waals surface area contributed by atoms with Gasteiger partial charge in [0.1, 0.15) is 6.61 Å². The van der Waals surface area contributed by atoms with Gasteiger partial charge >= 0.3 is 12.0 Å². The van der Waals surface area contributed by atoms with Crippen LogP contribution in [0.1, 0.15) is 36.3 Å². The number of carbonyl (C=O) groups excluding carboxylic acids is 1. The molecule has 0 radical (unpaired) electrons. The molecule has 0 atom stereocenters. The Labute approximate surface area is 113 Å². The lowest BCUT2D eigenvalue weighted by Crippen LogP contribution is -2.22. The molecule has 0 saturated carbocycles. The largest absolute Gasteiger partial charge is 0.462 e. The second-order valence-corrected chi connectivity index (χ2v) is 3.97. The summed E-state index contributed by atoms with van der Waals surface area (Å²) in [5, 5.41) is 3.21. The zero-order valence-electron chi connectivity index (χ0n) is 11.7. The second-order valence-electron chi connectivity index (χ2n) is 3.97. The van der Waals surface area contributed by atoms with Gasteiger partial charge in [-0.25, -0.2) is 9.78 Å². The molecule has 1 aromatic rings. The normalized spacial score (nSPS) is 10.3. The Kier molecular flexibility index (Phi) is 6.81. The number of aryl methyl sites for hydroxylation is 1. The minimum absolute atomic E-state index is 0.281. The zero-order valence-corrected chi connectivity index (χ0v) is 11.7. The molecule has 0 fully saturated rings. The van der Waals surface area contributed by atoms with Crippen LogP contribution >= 0.6 is 0 Å². The summed E-state index contributed by atoms with van der Waals surface area (Å²) in [5.74, 6) is -0.406. The first-order valence-electron chi connectivity index (χ1n) is 6.53. The maximum absolute atomic E-state index is 11.6. The van der Waals surface area contributed by atoms with Crippen molar-refractivity contribution in [2.45, 2.75) is 27.2 Å². The van der Waals surface area contributed by atoms with Gasteiger partial charge in [0.05, 0.1) is 17.9 Å². The summed E-state index contributed by atoms with van der Waals surface area (Å²) in [7, 11) is 0. The maximum atomic E-state index is 11.6. The van der Waals surface area contributed by atoms with Crippen LogP contribution in [0.4, 0.5) is 0 Å². The van der Waals surface area contributed by atoms with Crippen molar-refractivity contribution in [3.05, 3.63) is 17.5 Å². The van der Waals surface area contributed by atoms with E-state index in [1.165, 1.54) is 6.20 Å². The minimum atomic E-state index is -0.406. The van der Waals surface area contributed by atoms with E-state index in [0.717, 1.165) is 19.5 Å². The van der Waals surface area contributed by atoms with Crippen molar-refractivity contribution >= 4 is 5.97 Å². The third-order valence-electron chi connectivity index (χ3n) is 2.39. The van der Waals surface area contributed by atoms with E-state index in [2.05, 4.69) is 22.2 Å². The molecule has 0 spiro atoms. The monoisotopic (exact) mass is 267 g/mol. The van der Waals surface area contributed by atoms with Gasteiger partial charge in [0.2, 0.25) is 0 Å². The summed E-state index contributed by atoms with van der Waals surface area (Å²) < 4.78 is 10.3. The molecule has 1 N–H and O–H groups in total. The predicted molar refractivity (Wildman–Crippen MR) is 71.4 cm³/mol. The van der Waals surface area contributed by atoms with Crippen molar-refractivity contribution in [3.8, 4) is 6.01 Å². The maximum Gasteiger partial charge on any atom is 0.341 e. The Morgan fingerprint density at radius 2 is 2.16 bits per heavy atom. The van der Waals surface area contributed by atoms with Crippen molar-refractivity contribution < 1.29 is 14.3 Å². The number of nitrogens with zero attached hydrogens (tertiary/aromatic N) is 2. The standard InChI is InChI=1S/C13H21N3O3/c1-4-6-14-7-8-19-13-15-9-11(10(3)16-13)12(17)18-5-2/h9,14H,4-8H2,1-3H3. The lowest BCUT2D eigenvalue weighted by atomic mass is 10.2. The van der Waals surface area contributed by atoms with E-state index in [1.54, 1.807) is 13.8 Å². The Hall–Kier alpha value is -1.69. The molecule has 0 aliphatic rings. The van der Waals surface area contributed by atoms with Crippen LogP contribution in [-0.2, 0) is 4.74 Å². The predicted octanol–water partition coefficient (Wildman–Crippen LogP) is 1.34. The summed E-state index contributed by atoms with van der Waals surface area (Å²) in [4.78, 5) is 19.7. The molecule has 6 nitrogen and oxygen atoms in total. The second kappa shape index (κ2) is 8.42. The van der Waals surface area contributed by atoms with Crippen LogP contribution in [0, 0.1) is 6.92 Å². The van der Waals surface area contributed by atoms with Gasteiger partial charge in [0.15, 0.2) is 0 Å². The number of hydrogen-bond donors (Lipinski definition) is 1. The number of aromatic nitrogens is 2. The molecule has 6 heteroatoms. The fourth-order valence-corrected chi connectivity index (χ4v) is 1.44. The van der Waals surface area contributed by atoms with Crippen molar-refractivity contribution in [1.29, 1.82) is 0 Å². The Balaban J connectivity index is 2.49. The molecule has 19 heavy (non-hydrogen) atoms. The van der Waals surface area contributed by atoms with Gasteiger partial charge < -0.3 is 14.8 Å². The van der Waals surface area contributed by atoms with Crippen LogP contribution in [0.3, 0.4) is 0 Å². The van der Waals surface area contributed by atoms with Crippen LogP contribution < -0.4 is 10.1 Å². The Morgan fingerprint density at radius 3 is 2.79 bits per heavy atom. The van der Waals surface area contributed by atoms with E-state index in [9.17, 15) is 4.79 Å². The van der Waals surface area contributed by atoms with Gasteiger partial charge in [0, 0.05) is 12.7 Å². The minimum Gasteiger partial charge on any atom is -0.462 e. The fourth-order valence-electron chi connectivity index (χ4n) is 1.44. The van der Waals surface area contributed by atoms with Crippen LogP contribution in [0.25, 0.3) is 0 Å². The first-order valence-corrected chi connectivity index (χ1v) is 6.53. The highest BCUT2D eigenvalue weighted by Crippen LogP contribution is 2.09. The zero-order chi connectivity index (χ0) is 14.1. The highest BCUT2D eigenvalue weighted by molar-refractivity contribution is 5.90. The molecule has 1 aromatic heterocycles.